The molecule has 1 rings (SSSR count). The van der Waals surface area contributed by atoms with Gasteiger partial charge in [0.15, 0.2) is 0 Å². The molecule has 1 aliphatic carbocycles. The van der Waals surface area contributed by atoms with Crippen molar-refractivity contribution in [1.29, 1.82) is 0 Å². The Balaban J connectivity index is 2.17. The molecular weight excluding hydrogens is 240 g/mol. The number of unbranched alkanes of at least 4 members (excludes halogenated alkanes) is 1. The maximum absolute atomic E-state index is 11.7. The minimum Gasteiger partial charge on any atom is -0.388 e. The van der Waals surface area contributed by atoms with Crippen molar-refractivity contribution in [3.8, 4) is 0 Å². The van der Waals surface area contributed by atoms with Crippen LogP contribution in [0.3, 0.4) is 0 Å². The average Bonchev–Trinajstić information content (AvgIpc) is 2.38. The zero-order chi connectivity index (χ0) is 14.1. The van der Waals surface area contributed by atoms with Crippen molar-refractivity contribution in [3.63, 3.8) is 0 Å². The first-order valence-electron chi connectivity index (χ1n) is 7.43. The number of rotatable bonds is 7. The lowest BCUT2D eigenvalue weighted by Crippen LogP contribution is -2.49. The molecule has 0 heterocycles. The second-order valence-corrected chi connectivity index (χ2v) is 5.73. The SMILES string of the molecule is C=CCCCC(C)NC(=O)NCC1(O)CCCCC1. The molecule has 0 aromatic heterocycles. The van der Waals surface area contributed by atoms with Crippen molar-refractivity contribution in [3.05, 3.63) is 12.7 Å². The molecular formula is C15H28N2O2. The molecule has 19 heavy (non-hydrogen) atoms. The van der Waals surface area contributed by atoms with Crippen molar-refractivity contribution < 1.29 is 9.90 Å². The quantitative estimate of drug-likeness (QED) is 0.491. The second-order valence-electron chi connectivity index (χ2n) is 5.73. The van der Waals surface area contributed by atoms with Gasteiger partial charge < -0.3 is 15.7 Å². The van der Waals surface area contributed by atoms with E-state index in [0.717, 1.165) is 44.9 Å². The van der Waals surface area contributed by atoms with Crippen molar-refractivity contribution in [2.45, 2.75) is 69.9 Å². The van der Waals surface area contributed by atoms with Gasteiger partial charge >= 0.3 is 6.03 Å². The Morgan fingerprint density at radius 2 is 2.11 bits per heavy atom. The number of hydrogen-bond acceptors (Lipinski definition) is 2. The average molecular weight is 268 g/mol. The molecule has 3 N–H and O–H groups in total. The lowest BCUT2D eigenvalue weighted by atomic mass is 9.85. The van der Waals surface area contributed by atoms with E-state index >= 15 is 0 Å². The molecule has 2 amide bonds. The summed E-state index contributed by atoms with van der Waals surface area (Å²) in [5.41, 5.74) is -0.693. The van der Waals surface area contributed by atoms with Crippen LogP contribution in [-0.4, -0.2) is 29.3 Å². The van der Waals surface area contributed by atoms with Crippen molar-refractivity contribution in [2.24, 2.45) is 0 Å². The van der Waals surface area contributed by atoms with E-state index in [4.69, 9.17) is 0 Å². The molecule has 4 heteroatoms. The van der Waals surface area contributed by atoms with Gasteiger partial charge in [0.2, 0.25) is 0 Å². The fourth-order valence-electron chi connectivity index (χ4n) is 2.55. The standard InChI is InChI=1S/C15H28N2O2/c1-3-4-6-9-13(2)17-14(18)16-12-15(19)10-7-5-8-11-15/h3,13,19H,1,4-12H2,2H3,(H2,16,17,18). The fourth-order valence-corrected chi connectivity index (χ4v) is 2.55. The molecule has 0 saturated heterocycles. The van der Waals surface area contributed by atoms with E-state index in [-0.39, 0.29) is 12.1 Å². The van der Waals surface area contributed by atoms with E-state index in [1.807, 2.05) is 13.0 Å². The molecule has 0 bridgehead atoms. The highest BCUT2D eigenvalue weighted by molar-refractivity contribution is 5.74. The van der Waals surface area contributed by atoms with E-state index in [1.54, 1.807) is 0 Å². The monoisotopic (exact) mass is 268 g/mol. The van der Waals surface area contributed by atoms with E-state index < -0.39 is 5.60 Å². The summed E-state index contributed by atoms with van der Waals surface area (Å²) in [6.45, 7) is 6.04. The number of urea groups is 1. The summed E-state index contributed by atoms with van der Waals surface area (Å²) in [6.07, 6.45) is 9.74. The Morgan fingerprint density at radius 3 is 2.74 bits per heavy atom. The van der Waals surface area contributed by atoms with Gasteiger partial charge in [0, 0.05) is 12.6 Å². The van der Waals surface area contributed by atoms with Gasteiger partial charge in [-0.2, -0.15) is 0 Å². The molecule has 0 aromatic carbocycles. The van der Waals surface area contributed by atoms with Crippen molar-refractivity contribution >= 4 is 6.03 Å². The fraction of sp³-hybridized carbons (Fsp3) is 0.800. The number of allylic oxidation sites excluding steroid dienone is 1. The van der Waals surface area contributed by atoms with Crippen LogP contribution in [0.1, 0.15) is 58.3 Å². The lowest BCUT2D eigenvalue weighted by Gasteiger charge is -2.32. The number of carbonyl (C=O) groups is 1. The summed E-state index contributed by atoms with van der Waals surface area (Å²) in [6, 6.07) is -0.0222. The minimum absolute atomic E-state index is 0.154. The number of amides is 2. The maximum atomic E-state index is 11.7. The third-order valence-electron chi connectivity index (χ3n) is 3.79. The van der Waals surface area contributed by atoms with Crippen LogP contribution in [-0.2, 0) is 0 Å². The Labute approximate surface area is 116 Å². The highest BCUT2D eigenvalue weighted by atomic mass is 16.3. The largest absolute Gasteiger partial charge is 0.388 e. The predicted molar refractivity (Wildman–Crippen MR) is 78.1 cm³/mol. The summed E-state index contributed by atoms with van der Waals surface area (Å²) in [5.74, 6) is 0. The Bertz CT molecular complexity index is 286. The van der Waals surface area contributed by atoms with E-state index in [1.165, 1.54) is 6.42 Å². The van der Waals surface area contributed by atoms with Crippen LogP contribution >= 0.6 is 0 Å². The van der Waals surface area contributed by atoms with Crippen molar-refractivity contribution in [2.75, 3.05) is 6.54 Å². The molecule has 0 aromatic rings. The zero-order valence-corrected chi connectivity index (χ0v) is 12.1. The van der Waals surface area contributed by atoms with Gasteiger partial charge in [-0.3, -0.25) is 0 Å². The highest BCUT2D eigenvalue weighted by Crippen LogP contribution is 2.27. The van der Waals surface area contributed by atoms with E-state index in [0.29, 0.717) is 6.54 Å². The van der Waals surface area contributed by atoms with E-state index in [2.05, 4.69) is 17.2 Å². The van der Waals surface area contributed by atoms with Crippen LogP contribution < -0.4 is 10.6 Å². The Hall–Kier alpha value is -1.03. The van der Waals surface area contributed by atoms with Crippen molar-refractivity contribution in [1.82, 2.24) is 10.6 Å². The van der Waals surface area contributed by atoms with Gasteiger partial charge in [-0.1, -0.05) is 25.3 Å². The summed E-state index contributed by atoms with van der Waals surface area (Å²) < 4.78 is 0. The third-order valence-corrected chi connectivity index (χ3v) is 3.79. The smallest absolute Gasteiger partial charge is 0.315 e. The summed E-state index contributed by atoms with van der Waals surface area (Å²) in [4.78, 5) is 11.7. The molecule has 4 nitrogen and oxygen atoms in total. The van der Waals surface area contributed by atoms with Crippen LogP contribution in [0.25, 0.3) is 0 Å². The summed E-state index contributed by atoms with van der Waals surface area (Å²) >= 11 is 0. The molecule has 0 radical (unpaired) electrons. The van der Waals surface area contributed by atoms with Gasteiger partial charge in [-0.25, -0.2) is 4.79 Å². The van der Waals surface area contributed by atoms with Crippen LogP contribution in [0.2, 0.25) is 0 Å². The van der Waals surface area contributed by atoms with Crippen LogP contribution in [0.4, 0.5) is 4.79 Å². The maximum Gasteiger partial charge on any atom is 0.315 e. The normalized spacial score (nSPS) is 19.5. The van der Waals surface area contributed by atoms with Gasteiger partial charge in [0.25, 0.3) is 0 Å². The molecule has 1 unspecified atom stereocenters. The molecule has 0 aliphatic heterocycles. The second kappa shape index (κ2) is 8.20. The number of nitrogens with one attached hydrogen (secondary N) is 2. The number of aliphatic hydroxyl groups is 1. The third kappa shape index (κ3) is 6.62. The highest BCUT2D eigenvalue weighted by Gasteiger charge is 2.29. The molecule has 110 valence electrons. The predicted octanol–water partition coefficient (Wildman–Crippen LogP) is 2.73. The molecule has 1 saturated carbocycles. The summed E-state index contributed by atoms with van der Waals surface area (Å²) in [7, 11) is 0. The first-order valence-corrected chi connectivity index (χ1v) is 7.43. The number of carbonyl (C=O) groups excluding carboxylic acids is 1. The molecule has 1 fully saturated rings. The Kier molecular flexibility index (Phi) is 6.92. The molecule has 1 atom stereocenters. The topological polar surface area (TPSA) is 61.4 Å². The molecule has 0 spiro atoms. The lowest BCUT2D eigenvalue weighted by molar-refractivity contribution is 0.00713. The van der Waals surface area contributed by atoms with Gasteiger partial charge in [-0.05, 0) is 39.0 Å². The van der Waals surface area contributed by atoms with Gasteiger partial charge in [0.1, 0.15) is 0 Å². The van der Waals surface area contributed by atoms with Crippen LogP contribution in [0.5, 0.6) is 0 Å². The molecule has 1 aliphatic rings. The van der Waals surface area contributed by atoms with E-state index in [9.17, 15) is 9.90 Å². The summed E-state index contributed by atoms with van der Waals surface area (Å²) in [5, 5.41) is 16.0. The first kappa shape index (κ1) is 16.0. The van der Waals surface area contributed by atoms with Crippen LogP contribution in [0.15, 0.2) is 12.7 Å². The zero-order valence-electron chi connectivity index (χ0n) is 12.1. The number of hydrogen-bond donors (Lipinski definition) is 3. The first-order chi connectivity index (χ1) is 9.06. The van der Waals surface area contributed by atoms with Crippen LogP contribution in [0, 0.1) is 0 Å². The Morgan fingerprint density at radius 1 is 1.42 bits per heavy atom. The minimum atomic E-state index is -0.693. The van der Waals surface area contributed by atoms with Gasteiger partial charge in [0.05, 0.1) is 5.60 Å². The van der Waals surface area contributed by atoms with Gasteiger partial charge in [-0.15, -0.1) is 6.58 Å².